The van der Waals surface area contributed by atoms with Crippen molar-refractivity contribution in [1.82, 2.24) is 14.1 Å². The van der Waals surface area contributed by atoms with E-state index in [1.54, 1.807) is 20.8 Å². The minimum absolute atomic E-state index is 0.00561. The molecule has 0 saturated heterocycles. The van der Waals surface area contributed by atoms with Crippen LogP contribution in [0.2, 0.25) is 0 Å². The van der Waals surface area contributed by atoms with Crippen molar-refractivity contribution in [3.05, 3.63) is 92.6 Å². The van der Waals surface area contributed by atoms with Gasteiger partial charge in [-0.1, -0.05) is 0 Å². The van der Waals surface area contributed by atoms with Crippen molar-refractivity contribution in [1.29, 1.82) is 0 Å². The number of H-pyrrole nitrogens is 1. The van der Waals surface area contributed by atoms with Gasteiger partial charge in [-0.2, -0.15) is 0 Å². The zero-order valence-electron chi connectivity index (χ0n) is 21.6. The van der Waals surface area contributed by atoms with Gasteiger partial charge in [-0.3, -0.25) is 19.0 Å². The number of aromatic carboxylic acids is 1. The van der Waals surface area contributed by atoms with E-state index in [9.17, 15) is 24.3 Å². The quantitative estimate of drug-likeness (QED) is 0.297. The van der Waals surface area contributed by atoms with Crippen LogP contribution in [0, 0.1) is 17.0 Å². The molecule has 0 spiro atoms. The number of benzene rings is 1. The number of hydrogen-bond acceptors (Lipinski definition) is 6. The fraction of sp³-hybridized carbons (Fsp3) is 0.214. The number of hydrogen-bond donors (Lipinski definition) is 2. The molecule has 0 amide bonds. The number of furan rings is 1. The minimum Gasteiger partial charge on any atom is -0.477 e. The SMILES string of the molecule is CC(C)(C)C(=O)OCn1cc(F)c(Cn2c(C(=O)O)c(-c3ccc[nH]c3=O)c3c4occc4c(F)cc32)cc1=O. The third kappa shape index (κ3) is 4.46. The Morgan fingerprint density at radius 2 is 1.88 bits per heavy atom. The average Bonchev–Trinajstić information content (AvgIpc) is 3.48. The lowest BCUT2D eigenvalue weighted by Gasteiger charge is -2.17. The zero-order valence-corrected chi connectivity index (χ0v) is 21.6. The number of nitrogens with zero attached hydrogens (tertiary/aromatic N) is 2. The van der Waals surface area contributed by atoms with E-state index >= 15 is 8.78 Å². The van der Waals surface area contributed by atoms with Gasteiger partial charge in [0.15, 0.2) is 6.73 Å². The molecule has 5 rings (SSSR count). The third-order valence-electron chi connectivity index (χ3n) is 6.44. The first kappa shape index (κ1) is 26.6. The smallest absolute Gasteiger partial charge is 0.353 e. The Kier molecular flexibility index (Phi) is 6.41. The highest BCUT2D eigenvalue weighted by Crippen LogP contribution is 2.40. The first-order chi connectivity index (χ1) is 18.9. The average molecular weight is 552 g/mol. The van der Waals surface area contributed by atoms with Crippen molar-refractivity contribution >= 4 is 33.8 Å². The molecular formula is C28H23F2N3O7. The number of aromatic amines is 1. The number of carboxylic acid groups (broad SMARTS) is 1. The van der Waals surface area contributed by atoms with E-state index in [0.29, 0.717) is 0 Å². The first-order valence-corrected chi connectivity index (χ1v) is 12.1. The lowest BCUT2D eigenvalue weighted by atomic mass is 9.98. The first-order valence-electron chi connectivity index (χ1n) is 12.1. The second-order valence-electron chi connectivity index (χ2n) is 10.2. The predicted molar refractivity (Wildman–Crippen MR) is 140 cm³/mol. The van der Waals surface area contributed by atoms with Crippen LogP contribution in [0.4, 0.5) is 8.78 Å². The molecule has 12 heteroatoms. The van der Waals surface area contributed by atoms with Crippen molar-refractivity contribution in [2.24, 2.45) is 5.41 Å². The highest BCUT2D eigenvalue weighted by molar-refractivity contribution is 6.17. The van der Waals surface area contributed by atoms with Gasteiger partial charge in [-0.15, -0.1) is 0 Å². The van der Waals surface area contributed by atoms with Crippen molar-refractivity contribution in [3.63, 3.8) is 0 Å². The molecule has 0 aliphatic carbocycles. The lowest BCUT2D eigenvalue weighted by Crippen LogP contribution is -2.28. The summed E-state index contributed by atoms with van der Waals surface area (Å²) in [7, 11) is 0. The van der Waals surface area contributed by atoms with Crippen LogP contribution in [0.5, 0.6) is 0 Å². The van der Waals surface area contributed by atoms with Gasteiger partial charge in [0, 0.05) is 29.6 Å². The van der Waals surface area contributed by atoms with E-state index in [1.807, 2.05) is 0 Å². The molecule has 40 heavy (non-hydrogen) atoms. The molecule has 0 fully saturated rings. The summed E-state index contributed by atoms with van der Waals surface area (Å²) in [6, 6.07) is 6.29. The van der Waals surface area contributed by atoms with Crippen molar-refractivity contribution < 1.29 is 32.6 Å². The van der Waals surface area contributed by atoms with Gasteiger partial charge >= 0.3 is 11.9 Å². The van der Waals surface area contributed by atoms with Crippen molar-refractivity contribution in [3.8, 4) is 11.1 Å². The minimum atomic E-state index is -1.47. The molecule has 2 N–H and O–H groups in total. The molecule has 0 unspecified atom stereocenters. The second-order valence-corrected chi connectivity index (χ2v) is 10.2. The Morgan fingerprint density at radius 1 is 1.12 bits per heavy atom. The molecule has 4 heterocycles. The molecule has 10 nitrogen and oxygen atoms in total. The highest BCUT2D eigenvalue weighted by Gasteiger charge is 2.29. The normalized spacial score (nSPS) is 11.8. The Bertz CT molecular complexity index is 1940. The van der Waals surface area contributed by atoms with Gasteiger partial charge in [0.05, 0.1) is 40.1 Å². The number of nitrogens with one attached hydrogen (secondary N) is 1. The van der Waals surface area contributed by atoms with Gasteiger partial charge in [-0.25, -0.2) is 13.6 Å². The van der Waals surface area contributed by atoms with Gasteiger partial charge in [-0.05, 0) is 45.0 Å². The van der Waals surface area contributed by atoms with Crippen LogP contribution in [0.25, 0.3) is 33.0 Å². The van der Waals surface area contributed by atoms with Crippen LogP contribution in [0.3, 0.4) is 0 Å². The lowest BCUT2D eigenvalue weighted by molar-refractivity contribution is -0.157. The van der Waals surface area contributed by atoms with E-state index < -0.39 is 59.1 Å². The van der Waals surface area contributed by atoms with Gasteiger partial charge in [0.2, 0.25) is 0 Å². The summed E-state index contributed by atoms with van der Waals surface area (Å²) in [5, 5.41) is 10.5. The number of pyridine rings is 2. The molecule has 0 aliphatic heterocycles. The molecule has 206 valence electrons. The fourth-order valence-corrected chi connectivity index (χ4v) is 4.49. The number of esters is 1. The number of rotatable bonds is 6. The molecule has 1 aromatic carbocycles. The van der Waals surface area contributed by atoms with Crippen LogP contribution in [-0.2, 0) is 22.8 Å². The van der Waals surface area contributed by atoms with Crippen LogP contribution in [-0.4, -0.2) is 31.2 Å². The van der Waals surface area contributed by atoms with E-state index in [4.69, 9.17) is 9.15 Å². The number of carbonyl (C=O) groups excluding carboxylic acids is 1. The Labute approximate surface area is 224 Å². The summed E-state index contributed by atoms with van der Waals surface area (Å²) in [6.07, 6.45) is 3.44. The summed E-state index contributed by atoms with van der Waals surface area (Å²) in [4.78, 5) is 52.7. The Morgan fingerprint density at radius 3 is 2.55 bits per heavy atom. The standard InChI is InChI=1S/C28H23F2N3O7/c1-28(2,3)27(38)40-13-32-12-18(30)14(9-20(32)34)11-33-19-10-17(29)15-6-8-39-24(15)22(19)21(23(33)26(36)37)16-5-4-7-31-25(16)35/h4-10,12H,11,13H2,1-3H3,(H,31,35)(H,36,37). The summed E-state index contributed by atoms with van der Waals surface area (Å²) < 4.78 is 42.9. The second kappa shape index (κ2) is 9.63. The van der Waals surface area contributed by atoms with E-state index in [0.717, 1.165) is 27.5 Å². The topological polar surface area (TPSA) is 137 Å². The van der Waals surface area contributed by atoms with E-state index in [-0.39, 0.29) is 38.6 Å². The Hall–Kier alpha value is -5.00. The number of ether oxygens (including phenoxy) is 1. The molecule has 0 saturated carbocycles. The number of aromatic nitrogens is 3. The molecule has 4 aromatic heterocycles. The maximum Gasteiger partial charge on any atom is 0.353 e. The maximum atomic E-state index is 15.3. The molecule has 0 radical (unpaired) electrons. The Balaban J connectivity index is 1.70. The van der Waals surface area contributed by atoms with Crippen molar-refractivity contribution in [2.45, 2.75) is 34.0 Å². The van der Waals surface area contributed by atoms with Crippen LogP contribution < -0.4 is 11.1 Å². The fourth-order valence-electron chi connectivity index (χ4n) is 4.49. The van der Waals surface area contributed by atoms with Gasteiger partial charge < -0.3 is 23.8 Å². The number of carboxylic acids is 1. The van der Waals surface area contributed by atoms with Crippen LogP contribution >= 0.6 is 0 Å². The molecule has 0 aliphatic rings. The monoisotopic (exact) mass is 551 g/mol. The van der Waals surface area contributed by atoms with Gasteiger partial charge in [0.1, 0.15) is 22.9 Å². The van der Waals surface area contributed by atoms with Gasteiger partial charge in [0.25, 0.3) is 11.1 Å². The van der Waals surface area contributed by atoms with Crippen LogP contribution in [0.15, 0.2) is 63.0 Å². The molecule has 5 aromatic rings. The summed E-state index contributed by atoms with van der Waals surface area (Å²) in [6.45, 7) is 3.85. The van der Waals surface area contributed by atoms with E-state index in [2.05, 4.69) is 4.98 Å². The summed E-state index contributed by atoms with van der Waals surface area (Å²) in [5.74, 6) is -3.69. The molecule has 0 atom stereocenters. The zero-order chi connectivity index (χ0) is 28.9. The third-order valence-corrected chi connectivity index (χ3v) is 6.44. The van der Waals surface area contributed by atoms with E-state index in [1.165, 1.54) is 30.7 Å². The molecular weight excluding hydrogens is 528 g/mol. The summed E-state index contributed by atoms with van der Waals surface area (Å²) >= 11 is 0. The van der Waals surface area contributed by atoms with Crippen LogP contribution in [0.1, 0.15) is 36.8 Å². The summed E-state index contributed by atoms with van der Waals surface area (Å²) in [5.41, 5.74) is -2.86. The molecule has 0 bridgehead atoms. The van der Waals surface area contributed by atoms with Crippen molar-refractivity contribution in [2.75, 3.05) is 0 Å². The number of fused-ring (bicyclic) bond motifs is 3. The highest BCUT2D eigenvalue weighted by atomic mass is 19.1. The number of carbonyl (C=O) groups is 2. The largest absolute Gasteiger partial charge is 0.477 e. The number of halogens is 2. The maximum absolute atomic E-state index is 15.3. The predicted octanol–water partition coefficient (Wildman–Crippen LogP) is 4.48.